The average molecular weight is 333 g/mol. The minimum Gasteiger partial charge on any atom is -0.406 e. The maximum absolute atomic E-state index is 12.0. The van der Waals surface area contributed by atoms with Gasteiger partial charge in [0.05, 0.1) is 13.2 Å². The lowest BCUT2D eigenvalue weighted by molar-refractivity contribution is -0.274. The molecule has 0 amide bonds. The second-order valence-electron chi connectivity index (χ2n) is 5.26. The first-order valence-electron chi connectivity index (χ1n) is 7.27. The SMILES string of the molecule is CC(C)CCOCCN=C(N)Nc1ccc(OC(F)(F)F)cc1. The van der Waals surface area contributed by atoms with Gasteiger partial charge in [-0.15, -0.1) is 13.2 Å². The highest BCUT2D eigenvalue weighted by molar-refractivity contribution is 5.92. The van der Waals surface area contributed by atoms with Gasteiger partial charge in [-0.3, -0.25) is 4.99 Å². The van der Waals surface area contributed by atoms with Crippen molar-refractivity contribution in [2.45, 2.75) is 26.6 Å². The molecule has 0 saturated heterocycles. The normalized spacial score (nSPS) is 12.5. The fourth-order valence-electron chi connectivity index (χ4n) is 1.58. The predicted octanol–water partition coefficient (Wildman–Crippen LogP) is 3.37. The number of guanidine groups is 1. The maximum Gasteiger partial charge on any atom is 0.573 e. The lowest BCUT2D eigenvalue weighted by Gasteiger charge is -2.10. The van der Waals surface area contributed by atoms with E-state index in [1.807, 2.05) is 0 Å². The van der Waals surface area contributed by atoms with Gasteiger partial charge in [0.25, 0.3) is 0 Å². The Kier molecular flexibility index (Phi) is 7.67. The number of nitrogens with one attached hydrogen (secondary N) is 1. The number of aliphatic imine (C=N–C) groups is 1. The standard InChI is InChI=1S/C15H22F3N3O2/c1-11(2)7-9-22-10-8-20-14(19)21-12-3-5-13(6-4-12)23-15(16,17)18/h3-6,11H,7-10H2,1-2H3,(H3,19,20,21). The van der Waals surface area contributed by atoms with Crippen molar-refractivity contribution in [1.82, 2.24) is 0 Å². The molecule has 0 aliphatic rings. The molecule has 0 aromatic heterocycles. The molecule has 0 radical (unpaired) electrons. The number of ether oxygens (including phenoxy) is 2. The number of anilines is 1. The van der Waals surface area contributed by atoms with Crippen LogP contribution in [-0.4, -0.2) is 32.1 Å². The van der Waals surface area contributed by atoms with E-state index in [0.717, 1.165) is 6.42 Å². The largest absolute Gasteiger partial charge is 0.573 e. The summed E-state index contributed by atoms with van der Waals surface area (Å²) in [6.45, 7) is 5.80. The first-order chi connectivity index (χ1) is 10.8. The van der Waals surface area contributed by atoms with Crippen LogP contribution < -0.4 is 15.8 Å². The zero-order valence-electron chi connectivity index (χ0n) is 13.2. The zero-order valence-corrected chi connectivity index (χ0v) is 13.2. The van der Waals surface area contributed by atoms with Gasteiger partial charge in [-0.2, -0.15) is 0 Å². The molecule has 0 unspecified atom stereocenters. The summed E-state index contributed by atoms with van der Waals surface area (Å²) in [4.78, 5) is 4.07. The Morgan fingerprint density at radius 1 is 1.22 bits per heavy atom. The summed E-state index contributed by atoms with van der Waals surface area (Å²) in [5.41, 5.74) is 6.20. The van der Waals surface area contributed by atoms with Gasteiger partial charge in [0.1, 0.15) is 5.75 Å². The van der Waals surface area contributed by atoms with E-state index in [2.05, 4.69) is 28.9 Å². The molecular formula is C15H22F3N3O2. The van der Waals surface area contributed by atoms with Crippen molar-refractivity contribution in [1.29, 1.82) is 0 Å². The van der Waals surface area contributed by atoms with E-state index in [-0.39, 0.29) is 11.7 Å². The Balaban J connectivity index is 2.33. The molecule has 0 aliphatic heterocycles. The summed E-state index contributed by atoms with van der Waals surface area (Å²) in [5.74, 6) is 0.466. The Labute approximate surface area is 133 Å². The van der Waals surface area contributed by atoms with Crippen LogP contribution >= 0.6 is 0 Å². The van der Waals surface area contributed by atoms with Crippen molar-refractivity contribution < 1.29 is 22.6 Å². The van der Waals surface area contributed by atoms with Crippen LogP contribution in [0.2, 0.25) is 0 Å². The number of nitrogens with zero attached hydrogens (tertiary/aromatic N) is 1. The number of rotatable bonds is 8. The van der Waals surface area contributed by atoms with E-state index >= 15 is 0 Å². The van der Waals surface area contributed by atoms with E-state index in [0.29, 0.717) is 31.4 Å². The fraction of sp³-hybridized carbons (Fsp3) is 0.533. The topological polar surface area (TPSA) is 68.9 Å². The van der Waals surface area contributed by atoms with Gasteiger partial charge in [0, 0.05) is 12.3 Å². The number of nitrogens with two attached hydrogens (primary N) is 1. The molecule has 23 heavy (non-hydrogen) atoms. The molecule has 0 saturated carbocycles. The Morgan fingerprint density at radius 2 is 1.87 bits per heavy atom. The monoisotopic (exact) mass is 333 g/mol. The van der Waals surface area contributed by atoms with Gasteiger partial charge < -0.3 is 20.5 Å². The van der Waals surface area contributed by atoms with Crippen molar-refractivity contribution in [2.75, 3.05) is 25.1 Å². The third kappa shape index (κ3) is 9.62. The molecule has 1 aromatic rings. The summed E-state index contributed by atoms with van der Waals surface area (Å²) in [5, 5.41) is 2.78. The number of benzene rings is 1. The third-order valence-corrected chi connectivity index (χ3v) is 2.72. The summed E-state index contributed by atoms with van der Waals surface area (Å²) < 4.78 is 45.3. The van der Waals surface area contributed by atoms with E-state index in [1.54, 1.807) is 0 Å². The highest BCUT2D eigenvalue weighted by Gasteiger charge is 2.30. The quantitative estimate of drug-likeness (QED) is 0.435. The molecule has 0 heterocycles. The Hall–Kier alpha value is -1.96. The smallest absolute Gasteiger partial charge is 0.406 e. The van der Waals surface area contributed by atoms with Crippen molar-refractivity contribution >= 4 is 11.6 Å². The summed E-state index contributed by atoms with van der Waals surface area (Å²) >= 11 is 0. The van der Waals surface area contributed by atoms with Crippen LogP contribution in [0.25, 0.3) is 0 Å². The van der Waals surface area contributed by atoms with Gasteiger partial charge in [0.2, 0.25) is 0 Å². The number of alkyl halides is 3. The minimum absolute atomic E-state index is 0.168. The molecule has 3 N–H and O–H groups in total. The summed E-state index contributed by atoms with van der Waals surface area (Å²) in [6.07, 6.45) is -3.71. The molecule has 0 atom stereocenters. The van der Waals surface area contributed by atoms with Crippen molar-refractivity contribution in [3.8, 4) is 5.75 Å². The zero-order chi connectivity index (χ0) is 17.3. The highest BCUT2D eigenvalue weighted by Crippen LogP contribution is 2.23. The number of hydrogen-bond donors (Lipinski definition) is 2. The van der Waals surface area contributed by atoms with E-state index in [9.17, 15) is 13.2 Å². The van der Waals surface area contributed by atoms with E-state index < -0.39 is 6.36 Å². The number of hydrogen-bond acceptors (Lipinski definition) is 3. The van der Waals surface area contributed by atoms with E-state index in [1.165, 1.54) is 24.3 Å². The fourth-order valence-corrected chi connectivity index (χ4v) is 1.58. The van der Waals surface area contributed by atoms with Gasteiger partial charge in [-0.1, -0.05) is 13.8 Å². The molecule has 5 nitrogen and oxygen atoms in total. The van der Waals surface area contributed by atoms with Gasteiger partial charge >= 0.3 is 6.36 Å². The van der Waals surface area contributed by atoms with Crippen molar-refractivity contribution in [3.63, 3.8) is 0 Å². The third-order valence-electron chi connectivity index (χ3n) is 2.72. The second-order valence-corrected chi connectivity index (χ2v) is 5.26. The first kappa shape index (κ1) is 19.1. The lowest BCUT2D eigenvalue weighted by atomic mass is 10.1. The Morgan fingerprint density at radius 3 is 2.43 bits per heavy atom. The Bertz CT molecular complexity index is 488. The predicted molar refractivity (Wildman–Crippen MR) is 83.5 cm³/mol. The van der Waals surface area contributed by atoms with Crippen LogP contribution in [0.1, 0.15) is 20.3 Å². The molecule has 1 aromatic carbocycles. The summed E-state index contributed by atoms with van der Waals surface area (Å²) in [6, 6.07) is 5.22. The van der Waals surface area contributed by atoms with E-state index in [4.69, 9.17) is 10.5 Å². The molecule has 0 aliphatic carbocycles. The average Bonchev–Trinajstić information content (AvgIpc) is 2.43. The van der Waals surface area contributed by atoms with Crippen LogP contribution in [0, 0.1) is 5.92 Å². The molecule has 0 bridgehead atoms. The van der Waals surface area contributed by atoms with Gasteiger partial charge in [-0.25, -0.2) is 0 Å². The maximum atomic E-state index is 12.0. The molecule has 0 spiro atoms. The summed E-state index contributed by atoms with van der Waals surface area (Å²) in [7, 11) is 0. The highest BCUT2D eigenvalue weighted by atomic mass is 19.4. The van der Waals surface area contributed by atoms with Crippen molar-refractivity contribution in [2.24, 2.45) is 16.6 Å². The van der Waals surface area contributed by atoms with Gasteiger partial charge in [-0.05, 0) is 36.6 Å². The van der Waals surface area contributed by atoms with Gasteiger partial charge in [0.15, 0.2) is 5.96 Å². The molecular weight excluding hydrogens is 311 g/mol. The molecule has 1 rings (SSSR count). The van der Waals surface area contributed by atoms with Crippen LogP contribution in [0.4, 0.5) is 18.9 Å². The van der Waals surface area contributed by atoms with Crippen molar-refractivity contribution in [3.05, 3.63) is 24.3 Å². The molecule has 8 heteroatoms. The van der Waals surface area contributed by atoms with Crippen LogP contribution in [0.15, 0.2) is 29.3 Å². The minimum atomic E-state index is -4.70. The number of halogens is 3. The second kappa shape index (κ2) is 9.24. The van der Waals surface area contributed by atoms with Crippen LogP contribution in [0.3, 0.4) is 0 Å². The molecule has 130 valence electrons. The molecule has 0 fully saturated rings. The van der Waals surface area contributed by atoms with Crippen LogP contribution in [0.5, 0.6) is 5.75 Å². The lowest BCUT2D eigenvalue weighted by Crippen LogP contribution is -2.23. The first-order valence-corrected chi connectivity index (χ1v) is 7.27. The van der Waals surface area contributed by atoms with Crippen LogP contribution in [-0.2, 0) is 4.74 Å².